The van der Waals surface area contributed by atoms with Gasteiger partial charge < -0.3 is 11.1 Å². The minimum atomic E-state index is 0.0532. The summed E-state index contributed by atoms with van der Waals surface area (Å²) in [4.78, 5) is 13.2. The largest absolute Gasteiger partial charge is 0.396 e. The van der Waals surface area contributed by atoms with E-state index in [9.17, 15) is 4.79 Å². The third-order valence-electron chi connectivity index (χ3n) is 3.75. The predicted octanol–water partition coefficient (Wildman–Crippen LogP) is 3.86. The van der Waals surface area contributed by atoms with E-state index < -0.39 is 0 Å². The smallest absolute Gasteiger partial charge is 0.171 e. The predicted molar refractivity (Wildman–Crippen MR) is 81.0 cm³/mol. The van der Waals surface area contributed by atoms with Crippen LogP contribution in [-0.2, 0) is 0 Å². The van der Waals surface area contributed by atoms with Crippen LogP contribution in [0.3, 0.4) is 0 Å². The van der Waals surface area contributed by atoms with Crippen molar-refractivity contribution in [2.45, 2.75) is 38.0 Å². The molecule has 0 radical (unpaired) electrons. The topological polar surface area (TPSA) is 55.1 Å². The van der Waals surface area contributed by atoms with Gasteiger partial charge in [-0.1, -0.05) is 6.92 Å². The highest BCUT2D eigenvalue weighted by Gasteiger charge is 2.40. The van der Waals surface area contributed by atoms with E-state index in [4.69, 9.17) is 5.73 Å². The van der Waals surface area contributed by atoms with Crippen molar-refractivity contribution in [3.05, 3.63) is 4.88 Å². The summed E-state index contributed by atoms with van der Waals surface area (Å²) in [6.07, 6.45) is 5.84. The van der Waals surface area contributed by atoms with E-state index in [1.54, 1.807) is 18.7 Å². The molecule has 0 aliphatic heterocycles. The van der Waals surface area contributed by atoms with Crippen molar-refractivity contribution in [1.29, 1.82) is 0 Å². The lowest BCUT2D eigenvalue weighted by atomic mass is 10.0. The average Bonchev–Trinajstić information content (AvgIpc) is 3.05. The normalized spacial score (nSPS) is 16.6. The van der Waals surface area contributed by atoms with Crippen molar-refractivity contribution < 1.29 is 4.79 Å². The van der Waals surface area contributed by atoms with E-state index in [0.29, 0.717) is 16.0 Å². The lowest BCUT2D eigenvalue weighted by Crippen LogP contribution is -2.13. The molecule has 0 unspecified atom stereocenters. The van der Waals surface area contributed by atoms with Crippen LogP contribution in [-0.4, -0.2) is 18.6 Å². The van der Waals surface area contributed by atoms with Gasteiger partial charge in [0.05, 0.1) is 15.5 Å². The Hall–Kier alpha value is -0.680. The monoisotopic (exact) mass is 284 g/mol. The molecule has 3 N–H and O–H groups in total. The summed E-state index contributed by atoms with van der Waals surface area (Å²) >= 11 is 3.10. The Bertz CT molecular complexity index is 464. The number of hydrogen-bond donors (Lipinski definition) is 2. The highest BCUT2D eigenvalue weighted by molar-refractivity contribution is 7.99. The Morgan fingerprint density at radius 2 is 2.22 bits per heavy atom. The quantitative estimate of drug-likeness (QED) is 0.615. The molecule has 2 rings (SSSR count). The van der Waals surface area contributed by atoms with E-state index in [-0.39, 0.29) is 5.78 Å². The molecule has 1 saturated carbocycles. The van der Waals surface area contributed by atoms with E-state index in [1.807, 2.05) is 6.26 Å². The Morgan fingerprint density at radius 3 is 2.67 bits per heavy atom. The molecule has 0 atom stereocenters. The second kappa shape index (κ2) is 5.13. The number of hydrogen-bond acceptors (Lipinski definition) is 5. The number of thiophene rings is 1. The fourth-order valence-electron chi connectivity index (χ4n) is 2.11. The van der Waals surface area contributed by atoms with Gasteiger partial charge in [0.15, 0.2) is 5.78 Å². The molecule has 18 heavy (non-hydrogen) atoms. The molecule has 3 nitrogen and oxygen atoms in total. The van der Waals surface area contributed by atoms with Crippen LogP contribution >= 0.6 is 23.1 Å². The second-order valence-corrected chi connectivity index (χ2v) is 6.81. The third kappa shape index (κ3) is 2.52. The highest BCUT2D eigenvalue weighted by Crippen LogP contribution is 2.50. The summed E-state index contributed by atoms with van der Waals surface area (Å²) in [5, 5.41) is 4.56. The summed E-state index contributed by atoms with van der Waals surface area (Å²) in [7, 11) is 0. The number of carbonyl (C=O) groups excluding carboxylic acids is 1. The number of nitrogens with one attached hydrogen (secondary N) is 1. The number of nitrogens with two attached hydrogens (primary N) is 1. The van der Waals surface area contributed by atoms with Gasteiger partial charge in [0, 0.05) is 13.5 Å². The van der Waals surface area contributed by atoms with Gasteiger partial charge in [-0.05, 0) is 30.9 Å². The van der Waals surface area contributed by atoms with Crippen LogP contribution in [0.4, 0.5) is 10.7 Å². The molecule has 1 aromatic rings. The first-order valence-electron chi connectivity index (χ1n) is 6.24. The van der Waals surface area contributed by atoms with E-state index >= 15 is 0 Å². The van der Waals surface area contributed by atoms with Crippen molar-refractivity contribution in [2.24, 2.45) is 5.41 Å². The summed E-state index contributed by atoms with van der Waals surface area (Å²) in [6, 6.07) is 0. The van der Waals surface area contributed by atoms with Gasteiger partial charge in [-0.15, -0.1) is 23.1 Å². The SMILES string of the molecule is CCC1(CNc2sc(C(C)=O)c(N)c2SC)CC1. The second-order valence-electron chi connectivity index (χ2n) is 4.97. The Kier molecular flexibility index (Phi) is 3.92. The van der Waals surface area contributed by atoms with Crippen LogP contribution in [0.1, 0.15) is 42.8 Å². The number of Topliss-reactive ketones (excluding diaryl/α,β-unsaturated/α-hetero) is 1. The number of thioether (sulfide) groups is 1. The highest BCUT2D eigenvalue weighted by atomic mass is 32.2. The van der Waals surface area contributed by atoms with Crippen LogP contribution in [0.2, 0.25) is 0 Å². The van der Waals surface area contributed by atoms with Gasteiger partial charge in [0.2, 0.25) is 0 Å². The molecule has 0 saturated heterocycles. The molecule has 1 aromatic heterocycles. The van der Waals surface area contributed by atoms with Crippen molar-refractivity contribution in [3.63, 3.8) is 0 Å². The van der Waals surface area contributed by atoms with Crippen LogP contribution in [0, 0.1) is 5.41 Å². The maximum atomic E-state index is 11.5. The summed E-state index contributed by atoms with van der Waals surface area (Å²) in [5.74, 6) is 0.0532. The van der Waals surface area contributed by atoms with Gasteiger partial charge in [-0.3, -0.25) is 4.79 Å². The Morgan fingerprint density at radius 1 is 1.56 bits per heavy atom. The first-order valence-corrected chi connectivity index (χ1v) is 8.28. The molecule has 100 valence electrons. The maximum Gasteiger partial charge on any atom is 0.171 e. The van der Waals surface area contributed by atoms with Crippen LogP contribution in [0.25, 0.3) is 0 Å². The molecule has 1 heterocycles. The zero-order chi connectivity index (χ0) is 13.3. The molecular formula is C13H20N2OS2. The third-order valence-corrected chi connectivity index (χ3v) is 5.98. The average molecular weight is 284 g/mol. The zero-order valence-corrected chi connectivity index (χ0v) is 12.8. The van der Waals surface area contributed by atoms with Crippen LogP contribution in [0.5, 0.6) is 0 Å². The molecule has 0 spiro atoms. The van der Waals surface area contributed by atoms with Gasteiger partial charge in [-0.25, -0.2) is 0 Å². The Balaban J connectivity index is 2.16. The van der Waals surface area contributed by atoms with E-state index in [0.717, 1.165) is 16.4 Å². The summed E-state index contributed by atoms with van der Waals surface area (Å²) < 4.78 is 0. The molecule has 1 fully saturated rings. The van der Waals surface area contributed by atoms with Crippen molar-refractivity contribution in [2.75, 3.05) is 23.9 Å². The van der Waals surface area contributed by atoms with Crippen LogP contribution < -0.4 is 11.1 Å². The minimum Gasteiger partial charge on any atom is -0.396 e. The number of rotatable bonds is 6. The molecule has 0 aromatic carbocycles. The van der Waals surface area contributed by atoms with Gasteiger partial charge in [-0.2, -0.15) is 0 Å². The first kappa shape index (κ1) is 13.7. The number of anilines is 2. The molecular weight excluding hydrogens is 264 g/mol. The lowest BCUT2D eigenvalue weighted by molar-refractivity contribution is 0.102. The standard InChI is InChI=1S/C13H20N2OS2/c1-4-13(5-6-13)7-15-12-11(17-3)9(14)10(18-12)8(2)16/h15H,4-7,14H2,1-3H3. The minimum absolute atomic E-state index is 0.0532. The first-order chi connectivity index (χ1) is 8.53. The van der Waals surface area contributed by atoms with Crippen LogP contribution in [0.15, 0.2) is 4.90 Å². The van der Waals surface area contributed by atoms with Gasteiger partial charge in [0.25, 0.3) is 0 Å². The van der Waals surface area contributed by atoms with E-state index in [2.05, 4.69) is 12.2 Å². The summed E-state index contributed by atoms with van der Waals surface area (Å²) in [5.41, 5.74) is 7.17. The number of ketones is 1. The molecule has 1 aliphatic carbocycles. The lowest BCUT2D eigenvalue weighted by Gasteiger charge is -2.14. The summed E-state index contributed by atoms with van der Waals surface area (Å²) in [6.45, 7) is 4.81. The van der Waals surface area contributed by atoms with Gasteiger partial charge in [0.1, 0.15) is 5.00 Å². The van der Waals surface area contributed by atoms with E-state index in [1.165, 1.54) is 30.6 Å². The number of nitrogen functional groups attached to an aromatic ring is 1. The molecule has 0 amide bonds. The zero-order valence-electron chi connectivity index (χ0n) is 11.1. The van der Waals surface area contributed by atoms with Crippen molar-refractivity contribution in [1.82, 2.24) is 0 Å². The Labute approximate surface area is 117 Å². The maximum absolute atomic E-state index is 11.5. The van der Waals surface area contributed by atoms with Crippen molar-refractivity contribution >= 4 is 39.6 Å². The molecule has 1 aliphatic rings. The molecule has 0 bridgehead atoms. The fourth-order valence-corrected chi connectivity index (χ4v) is 4.04. The van der Waals surface area contributed by atoms with Crippen molar-refractivity contribution in [3.8, 4) is 0 Å². The number of carbonyl (C=O) groups is 1. The van der Waals surface area contributed by atoms with Gasteiger partial charge >= 0.3 is 0 Å². The fraction of sp³-hybridized carbons (Fsp3) is 0.615. The molecule has 5 heteroatoms.